The molecule has 0 fully saturated rings. The van der Waals surface area contributed by atoms with Crippen molar-refractivity contribution in [1.82, 2.24) is 19.4 Å². The summed E-state index contributed by atoms with van der Waals surface area (Å²) >= 11 is 0. The Morgan fingerprint density at radius 1 is 0.915 bits per heavy atom. The van der Waals surface area contributed by atoms with Gasteiger partial charge >= 0.3 is 5.97 Å². The van der Waals surface area contributed by atoms with Crippen molar-refractivity contribution in [3.05, 3.63) is 113 Å². The lowest BCUT2D eigenvalue weighted by molar-refractivity contribution is -0.152. The normalized spacial score (nSPS) is 13.4. The van der Waals surface area contributed by atoms with Gasteiger partial charge < -0.3 is 14.2 Å². The molecule has 1 unspecified atom stereocenters. The van der Waals surface area contributed by atoms with Gasteiger partial charge in [-0.05, 0) is 47.7 Å². The molecule has 0 N–H and O–H groups in total. The average molecular weight is 643 g/mol. The Kier molecular flexibility index (Phi) is 9.64. The van der Waals surface area contributed by atoms with E-state index < -0.39 is 53.4 Å². The monoisotopic (exact) mass is 642 g/mol. The molecule has 0 radical (unpaired) electrons. The summed E-state index contributed by atoms with van der Waals surface area (Å²) < 4.78 is 36.2. The summed E-state index contributed by atoms with van der Waals surface area (Å²) in [6.07, 6.45) is 1.85. The number of hydrogen-bond acceptors (Lipinski definition) is 6. The molecule has 47 heavy (non-hydrogen) atoms. The first-order valence-corrected chi connectivity index (χ1v) is 15.3. The van der Waals surface area contributed by atoms with Crippen LogP contribution in [0.2, 0.25) is 0 Å². The standard InChI is InChI=1S/C36H36F2N4O5/c1-23(43)47-22-31(44)41(17-10-18-42-34(45)26-13-8-9-14-27(26)35(42)46)32(36(2,3)4)33-39-30(28-19-25(37)15-16-29(28)38)21-40(33)20-24-11-6-5-7-12-24/h5-9,11-16,19,21,32H,10,17-18,20,22H2,1-4H3. The predicted octanol–water partition coefficient (Wildman–Crippen LogP) is 6.04. The molecule has 9 nitrogen and oxygen atoms in total. The maximum Gasteiger partial charge on any atom is 0.303 e. The summed E-state index contributed by atoms with van der Waals surface area (Å²) in [5.74, 6) is -2.84. The summed E-state index contributed by atoms with van der Waals surface area (Å²) in [4.78, 5) is 59.1. The minimum Gasteiger partial charge on any atom is -0.456 e. The number of benzene rings is 3. The van der Waals surface area contributed by atoms with Gasteiger partial charge in [-0.2, -0.15) is 0 Å². The van der Waals surface area contributed by atoms with Crippen molar-refractivity contribution in [3.8, 4) is 11.3 Å². The van der Waals surface area contributed by atoms with Crippen LogP contribution >= 0.6 is 0 Å². The van der Waals surface area contributed by atoms with Crippen molar-refractivity contribution in [2.75, 3.05) is 19.7 Å². The van der Waals surface area contributed by atoms with Gasteiger partial charge in [0, 0.05) is 38.3 Å². The van der Waals surface area contributed by atoms with Crippen molar-refractivity contribution in [2.24, 2.45) is 5.41 Å². The highest BCUT2D eigenvalue weighted by Crippen LogP contribution is 2.40. The van der Waals surface area contributed by atoms with Crippen LogP contribution in [-0.2, 0) is 20.9 Å². The van der Waals surface area contributed by atoms with Gasteiger partial charge in [-0.15, -0.1) is 0 Å². The summed E-state index contributed by atoms with van der Waals surface area (Å²) in [7, 11) is 0. The molecule has 0 aliphatic carbocycles. The Balaban J connectivity index is 1.54. The van der Waals surface area contributed by atoms with E-state index in [0.717, 1.165) is 28.7 Å². The van der Waals surface area contributed by atoms with Gasteiger partial charge in [0.1, 0.15) is 17.5 Å². The minimum absolute atomic E-state index is 0.0332. The zero-order chi connectivity index (χ0) is 33.9. The van der Waals surface area contributed by atoms with Gasteiger partial charge in [-0.1, -0.05) is 63.2 Å². The zero-order valence-corrected chi connectivity index (χ0v) is 26.7. The summed E-state index contributed by atoms with van der Waals surface area (Å²) in [5.41, 5.74) is 1.03. The first-order chi connectivity index (χ1) is 22.3. The maximum atomic E-state index is 15.0. The third-order valence-electron chi connectivity index (χ3n) is 7.96. The number of halogens is 2. The van der Waals surface area contributed by atoms with Gasteiger partial charge in [-0.3, -0.25) is 24.1 Å². The van der Waals surface area contributed by atoms with Crippen LogP contribution in [0, 0.1) is 17.0 Å². The van der Waals surface area contributed by atoms with Gasteiger partial charge in [-0.25, -0.2) is 13.8 Å². The molecule has 1 atom stereocenters. The molecule has 11 heteroatoms. The van der Waals surface area contributed by atoms with E-state index in [1.165, 1.54) is 11.8 Å². The number of rotatable bonds is 11. The Morgan fingerprint density at radius 2 is 1.55 bits per heavy atom. The molecule has 2 heterocycles. The molecule has 0 saturated heterocycles. The molecular formula is C36H36F2N4O5. The number of carbonyl (C=O) groups excluding carboxylic acids is 4. The topological polar surface area (TPSA) is 102 Å². The first-order valence-electron chi connectivity index (χ1n) is 15.3. The number of aromatic nitrogens is 2. The number of carbonyl (C=O) groups is 4. The molecular weight excluding hydrogens is 606 g/mol. The highest BCUT2D eigenvalue weighted by atomic mass is 19.1. The Bertz CT molecular complexity index is 1780. The number of imidazole rings is 1. The molecule has 3 aromatic carbocycles. The summed E-state index contributed by atoms with van der Waals surface area (Å²) in [6.45, 7) is 6.82. The van der Waals surface area contributed by atoms with E-state index in [1.807, 2.05) is 51.1 Å². The van der Waals surface area contributed by atoms with Gasteiger partial charge in [0.05, 0.1) is 22.9 Å². The van der Waals surface area contributed by atoms with Crippen molar-refractivity contribution >= 4 is 23.7 Å². The fourth-order valence-electron chi connectivity index (χ4n) is 5.86. The molecule has 1 aliphatic rings. The summed E-state index contributed by atoms with van der Waals surface area (Å²) in [5, 5.41) is 0. The van der Waals surface area contributed by atoms with Crippen LogP contribution in [-0.4, -0.2) is 62.7 Å². The van der Waals surface area contributed by atoms with Crippen molar-refractivity contribution in [2.45, 2.75) is 46.7 Å². The molecule has 0 saturated carbocycles. The van der Waals surface area contributed by atoms with Crippen molar-refractivity contribution < 1.29 is 32.7 Å². The Labute approximate surface area is 271 Å². The third kappa shape index (κ3) is 7.29. The second-order valence-electron chi connectivity index (χ2n) is 12.5. The van der Waals surface area contributed by atoms with Gasteiger partial charge in [0.25, 0.3) is 17.7 Å². The quantitative estimate of drug-likeness (QED) is 0.146. The molecule has 5 rings (SSSR count). The number of amides is 3. The lowest BCUT2D eigenvalue weighted by Gasteiger charge is -2.40. The lowest BCUT2D eigenvalue weighted by Crippen LogP contribution is -2.45. The lowest BCUT2D eigenvalue weighted by atomic mass is 9.84. The van der Waals surface area contributed by atoms with Crippen LogP contribution < -0.4 is 0 Å². The number of fused-ring (bicyclic) bond motifs is 1. The second kappa shape index (κ2) is 13.7. The third-order valence-corrected chi connectivity index (χ3v) is 7.96. The van der Waals surface area contributed by atoms with E-state index in [0.29, 0.717) is 23.5 Å². The first kappa shape index (κ1) is 33.2. The highest BCUT2D eigenvalue weighted by molar-refractivity contribution is 6.21. The van der Waals surface area contributed by atoms with E-state index in [4.69, 9.17) is 9.72 Å². The fourth-order valence-corrected chi connectivity index (χ4v) is 5.86. The molecule has 1 aromatic heterocycles. The van der Waals surface area contributed by atoms with Crippen LogP contribution in [0.25, 0.3) is 11.3 Å². The van der Waals surface area contributed by atoms with E-state index in [-0.39, 0.29) is 30.8 Å². The van der Waals surface area contributed by atoms with Gasteiger partial charge in [0.2, 0.25) is 0 Å². The van der Waals surface area contributed by atoms with Crippen LogP contribution in [0.5, 0.6) is 0 Å². The number of ether oxygens (including phenoxy) is 1. The predicted molar refractivity (Wildman–Crippen MR) is 170 cm³/mol. The minimum atomic E-state index is -0.762. The maximum absolute atomic E-state index is 15.0. The van der Waals surface area contributed by atoms with E-state index >= 15 is 4.39 Å². The Hall–Kier alpha value is -5.19. The van der Waals surface area contributed by atoms with Crippen LogP contribution in [0.4, 0.5) is 8.78 Å². The van der Waals surface area contributed by atoms with Crippen LogP contribution in [0.15, 0.2) is 79.0 Å². The molecule has 244 valence electrons. The zero-order valence-electron chi connectivity index (χ0n) is 26.7. The number of esters is 1. The number of nitrogens with zero attached hydrogens (tertiary/aromatic N) is 4. The van der Waals surface area contributed by atoms with Crippen LogP contribution in [0.3, 0.4) is 0 Å². The van der Waals surface area contributed by atoms with Crippen LogP contribution in [0.1, 0.15) is 72.3 Å². The molecule has 1 aliphatic heterocycles. The van der Waals surface area contributed by atoms with Crippen molar-refractivity contribution in [3.63, 3.8) is 0 Å². The molecule has 0 spiro atoms. The van der Waals surface area contributed by atoms with E-state index in [2.05, 4.69) is 0 Å². The molecule has 3 amide bonds. The van der Waals surface area contributed by atoms with E-state index in [1.54, 1.807) is 35.0 Å². The smallest absolute Gasteiger partial charge is 0.303 e. The molecule has 0 bridgehead atoms. The number of imide groups is 1. The Morgan fingerprint density at radius 3 is 2.17 bits per heavy atom. The second-order valence-corrected chi connectivity index (χ2v) is 12.5. The number of hydrogen-bond donors (Lipinski definition) is 0. The SMILES string of the molecule is CC(=O)OCC(=O)N(CCCN1C(=O)c2ccccc2C1=O)C(c1nc(-c2cc(F)ccc2F)cn1Cc1ccccc1)C(C)(C)C. The largest absolute Gasteiger partial charge is 0.456 e. The van der Waals surface area contributed by atoms with Gasteiger partial charge in [0.15, 0.2) is 6.61 Å². The fraction of sp³-hybridized carbons (Fsp3) is 0.306. The van der Waals surface area contributed by atoms with E-state index in [9.17, 15) is 23.6 Å². The molecule has 4 aromatic rings. The summed E-state index contributed by atoms with van der Waals surface area (Å²) in [6, 6.07) is 18.5. The highest BCUT2D eigenvalue weighted by Gasteiger charge is 2.40. The average Bonchev–Trinajstić information content (AvgIpc) is 3.54. The van der Waals surface area contributed by atoms with Crippen molar-refractivity contribution in [1.29, 1.82) is 0 Å².